The molecule has 0 aliphatic rings. The van der Waals surface area contributed by atoms with Crippen molar-refractivity contribution < 1.29 is 9.84 Å². The Morgan fingerprint density at radius 2 is 2.00 bits per heavy atom. The average Bonchev–Trinajstić information content (AvgIpc) is 2.88. The molecule has 5 heteroatoms. The van der Waals surface area contributed by atoms with E-state index in [1.807, 2.05) is 42.6 Å². The van der Waals surface area contributed by atoms with Gasteiger partial charge in [-0.05, 0) is 64.2 Å². The van der Waals surface area contributed by atoms with Crippen molar-refractivity contribution in [3.8, 4) is 5.75 Å². The third-order valence-electron chi connectivity index (χ3n) is 3.18. The molecule has 20 heavy (non-hydrogen) atoms. The SMILES string of the molecule is CCOc1ccc(C(CN)C(O)c2csc(I)c2)cc1. The lowest BCUT2D eigenvalue weighted by Crippen LogP contribution is -2.19. The molecule has 0 saturated carbocycles. The Labute approximate surface area is 136 Å². The van der Waals surface area contributed by atoms with Crippen molar-refractivity contribution in [2.75, 3.05) is 13.2 Å². The Hall–Kier alpha value is -0.630. The fourth-order valence-corrected chi connectivity index (χ4v) is 3.54. The van der Waals surface area contributed by atoms with Gasteiger partial charge in [0.1, 0.15) is 5.75 Å². The van der Waals surface area contributed by atoms with Gasteiger partial charge in [0.05, 0.1) is 15.6 Å². The van der Waals surface area contributed by atoms with Gasteiger partial charge >= 0.3 is 0 Å². The smallest absolute Gasteiger partial charge is 0.119 e. The highest BCUT2D eigenvalue weighted by Crippen LogP contribution is 2.33. The number of halogens is 1. The molecule has 2 unspecified atom stereocenters. The zero-order valence-corrected chi connectivity index (χ0v) is 14.2. The van der Waals surface area contributed by atoms with Gasteiger partial charge in [0, 0.05) is 12.5 Å². The van der Waals surface area contributed by atoms with Crippen LogP contribution in [0.15, 0.2) is 35.7 Å². The summed E-state index contributed by atoms with van der Waals surface area (Å²) in [6, 6.07) is 9.80. The van der Waals surface area contributed by atoms with Crippen LogP contribution in [-0.4, -0.2) is 18.3 Å². The molecule has 2 aromatic rings. The van der Waals surface area contributed by atoms with E-state index in [2.05, 4.69) is 22.6 Å². The number of ether oxygens (including phenoxy) is 1. The normalized spacial score (nSPS) is 14.0. The monoisotopic (exact) mass is 403 g/mol. The molecule has 108 valence electrons. The largest absolute Gasteiger partial charge is 0.494 e. The van der Waals surface area contributed by atoms with E-state index in [1.54, 1.807) is 11.3 Å². The molecule has 1 heterocycles. The lowest BCUT2D eigenvalue weighted by Gasteiger charge is -2.21. The number of hydrogen-bond donors (Lipinski definition) is 2. The number of benzene rings is 1. The number of hydrogen-bond acceptors (Lipinski definition) is 4. The molecule has 0 radical (unpaired) electrons. The number of aliphatic hydroxyl groups excluding tert-OH is 1. The molecule has 0 spiro atoms. The van der Waals surface area contributed by atoms with Crippen molar-refractivity contribution >= 4 is 33.9 Å². The number of aliphatic hydroxyl groups is 1. The fraction of sp³-hybridized carbons (Fsp3) is 0.333. The van der Waals surface area contributed by atoms with Crippen LogP contribution in [0.1, 0.15) is 30.1 Å². The van der Waals surface area contributed by atoms with Gasteiger partial charge in [0.15, 0.2) is 0 Å². The zero-order valence-electron chi connectivity index (χ0n) is 11.3. The molecule has 0 aliphatic carbocycles. The van der Waals surface area contributed by atoms with E-state index in [-0.39, 0.29) is 5.92 Å². The molecule has 0 fully saturated rings. The van der Waals surface area contributed by atoms with E-state index in [0.29, 0.717) is 13.2 Å². The van der Waals surface area contributed by atoms with E-state index in [0.717, 1.165) is 16.9 Å². The first-order chi connectivity index (χ1) is 9.65. The highest BCUT2D eigenvalue weighted by atomic mass is 127. The second-order valence-corrected chi connectivity index (χ2v) is 7.28. The van der Waals surface area contributed by atoms with Crippen molar-refractivity contribution in [1.82, 2.24) is 0 Å². The summed E-state index contributed by atoms with van der Waals surface area (Å²) in [7, 11) is 0. The molecule has 3 N–H and O–H groups in total. The number of thiophene rings is 1. The van der Waals surface area contributed by atoms with E-state index < -0.39 is 6.10 Å². The first-order valence-corrected chi connectivity index (χ1v) is 8.46. The van der Waals surface area contributed by atoms with Crippen LogP contribution in [-0.2, 0) is 0 Å². The highest BCUT2D eigenvalue weighted by molar-refractivity contribution is 14.1. The van der Waals surface area contributed by atoms with Crippen LogP contribution in [0.2, 0.25) is 0 Å². The van der Waals surface area contributed by atoms with Crippen LogP contribution in [0.3, 0.4) is 0 Å². The number of nitrogens with two attached hydrogens (primary N) is 1. The summed E-state index contributed by atoms with van der Waals surface area (Å²) in [4.78, 5) is 0. The lowest BCUT2D eigenvalue weighted by molar-refractivity contribution is 0.148. The van der Waals surface area contributed by atoms with E-state index >= 15 is 0 Å². The predicted molar refractivity (Wildman–Crippen MR) is 91.4 cm³/mol. The maximum atomic E-state index is 10.5. The molecule has 1 aromatic heterocycles. The molecular formula is C15H18INO2S. The van der Waals surface area contributed by atoms with Gasteiger partial charge in [0.2, 0.25) is 0 Å². The Morgan fingerprint density at radius 1 is 1.30 bits per heavy atom. The molecule has 0 aliphatic heterocycles. The van der Waals surface area contributed by atoms with Gasteiger partial charge in [-0.25, -0.2) is 0 Å². The van der Waals surface area contributed by atoms with Crippen molar-refractivity contribution in [2.45, 2.75) is 18.9 Å². The Bertz CT molecular complexity index is 541. The summed E-state index contributed by atoms with van der Waals surface area (Å²) >= 11 is 3.89. The lowest BCUT2D eigenvalue weighted by atomic mass is 9.90. The highest BCUT2D eigenvalue weighted by Gasteiger charge is 2.22. The quantitative estimate of drug-likeness (QED) is 0.726. The average molecular weight is 403 g/mol. The van der Waals surface area contributed by atoms with Crippen LogP contribution >= 0.6 is 33.9 Å². The third-order valence-corrected chi connectivity index (χ3v) is 4.99. The van der Waals surface area contributed by atoms with Crippen molar-refractivity contribution in [3.05, 3.63) is 49.7 Å². The topological polar surface area (TPSA) is 55.5 Å². The Balaban J connectivity index is 2.18. The standard InChI is InChI=1S/C15H18INO2S/c1-2-19-12-5-3-10(4-6-12)13(8-17)15(18)11-7-14(16)20-9-11/h3-7,9,13,15,18H,2,8,17H2,1H3. The molecule has 0 bridgehead atoms. The molecule has 1 aromatic carbocycles. The maximum Gasteiger partial charge on any atom is 0.119 e. The predicted octanol–water partition coefficient (Wildman–Crippen LogP) is 3.53. The van der Waals surface area contributed by atoms with Gasteiger partial charge in [-0.3, -0.25) is 0 Å². The zero-order chi connectivity index (χ0) is 14.5. The fourth-order valence-electron chi connectivity index (χ4n) is 2.14. The summed E-state index contributed by atoms with van der Waals surface area (Å²) in [6.07, 6.45) is -0.572. The van der Waals surface area contributed by atoms with E-state index in [1.165, 1.54) is 2.88 Å². The Kier molecular flexibility index (Phi) is 5.83. The summed E-state index contributed by atoms with van der Waals surface area (Å²) in [5.41, 5.74) is 7.82. The van der Waals surface area contributed by atoms with Gasteiger partial charge in [-0.1, -0.05) is 12.1 Å². The van der Waals surface area contributed by atoms with Crippen LogP contribution in [0.25, 0.3) is 0 Å². The second kappa shape index (κ2) is 7.40. The molecule has 2 rings (SSSR count). The minimum Gasteiger partial charge on any atom is -0.494 e. The summed E-state index contributed by atoms with van der Waals surface area (Å²) in [5, 5.41) is 12.5. The maximum absolute atomic E-state index is 10.5. The minimum atomic E-state index is -0.572. The molecule has 3 nitrogen and oxygen atoms in total. The van der Waals surface area contributed by atoms with E-state index in [4.69, 9.17) is 10.5 Å². The minimum absolute atomic E-state index is 0.101. The van der Waals surface area contributed by atoms with Crippen LogP contribution in [0.5, 0.6) is 5.75 Å². The van der Waals surface area contributed by atoms with Crippen LogP contribution in [0, 0.1) is 2.88 Å². The molecule has 0 amide bonds. The summed E-state index contributed by atoms with van der Waals surface area (Å²) < 4.78 is 6.60. The van der Waals surface area contributed by atoms with Crippen molar-refractivity contribution in [2.24, 2.45) is 5.73 Å². The molecular weight excluding hydrogens is 385 g/mol. The molecule has 2 atom stereocenters. The molecule has 0 saturated heterocycles. The second-order valence-electron chi connectivity index (χ2n) is 4.47. The van der Waals surface area contributed by atoms with Gasteiger partial charge in [-0.2, -0.15) is 0 Å². The van der Waals surface area contributed by atoms with Crippen molar-refractivity contribution in [1.29, 1.82) is 0 Å². The van der Waals surface area contributed by atoms with Gasteiger partial charge < -0.3 is 15.6 Å². The first kappa shape index (κ1) is 15.8. The number of rotatable bonds is 6. The van der Waals surface area contributed by atoms with Crippen LogP contribution < -0.4 is 10.5 Å². The van der Waals surface area contributed by atoms with E-state index in [9.17, 15) is 5.11 Å². The first-order valence-electron chi connectivity index (χ1n) is 6.50. The summed E-state index contributed by atoms with van der Waals surface area (Å²) in [5.74, 6) is 0.739. The van der Waals surface area contributed by atoms with Gasteiger partial charge in [0.25, 0.3) is 0 Å². The van der Waals surface area contributed by atoms with Crippen LogP contribution in [0.4, 0.5) is 0 Å². The van der Waals surface area contributed by atoms with Gasteiger partial charge in [-0.15, -0.1) is 11.3 Å². The third kappa shape index (κ3) is 3.72. The summed E-state index contributed by atoms with van der Waals surface area (Å²) in [6.45, 7) is 3.01. The van der Waals surface area contributed by atoms with Crippen molar-refractivity contribution in [3.63, 3.8) is 0 Å². The Morgan fingerprint density at radius 3 is 2.50 bits per heavy atom.